The number of aromatic nitrogens is 7. The first-order valence-electron chi connectivity index (χ1n) is 35.6. The molecule has 0 bridgehead atoms. The first kappa shape index (κ1) is 94.3. The summed E-state index contributed by atoms with van der Waals surface area (Å²) in [6.07, 6.45) is 10.6. The summed E-state index contributed by atoms with van der Waals surface area (Å²) in [4.78, 5) is 31.3. The predicted octanol–water partition coefficient (Wildman–Crippen LogP) is 21.8. The second-order valence-electron chi connectivity index (χ2n) is 24.7. The van der Waals surface area contributed by atoms with Crippen LogP contribution in [0.1, 0.15) is 46.6 Å². The average molecular weight is 1930 g/mol. The Hall–Kier alpha value is -7.14. The van der Waals surface area contributed by atoms with Crippen LogP contribution in [0.5, 0.6) is 0 Å². The molecule has 2 fully saturated rings. The molecule has 8 aromatic carbocycles. The van der Waals surface area contributed by atoms with Gasteiger partial charge >= 0.3 is 0 Å². The number of sulfonamides is 2. The molecule has 0 amide bonds. The van der Waals surface area contributed by atoms with Gasteiger partial charge in [-0.05, 0) is 205 Å². The van der Waals surface area contributed by atoms with Crippen molar-refractivity contribution in [2.75, 3.05) is 76.7 Å². The fourth-order valence-electron chi connectivity index (χ4n) is 11.1. The van der Waals surface area contributed by atoms with Crippen LogP contribution in [0.15, 0.2) is 250 Å². The van der Waals surface area contributed by atoms with Gasteiger partial charge in [0.25, 0.3) is 9.05 Å². The summed E-state index contributed by atoms with van der Waals surface area (Å²) in [5, 5.41) is 13.0. The second-order valence-corrected chi connectivity index (χ2v) is 36.9. The first-order chi connectivity index (χ1) is 55.0. The van der Waals surface area contributed by atoms with Gasteiger partial charge in [0.05, 0.1) is 120 Å². The minimum absolute atomic E-state index is 0. The minimum atomic E-state index is -3.73. The molecule has 17 rings (SSSR count). The van der Waals surface area contributed by atoms with Gasteiger partial charge in [-0.1, -0.05) is 105 Å². The Morgan fingerprint density at radius 1 is 0.500 bits per heavy atom. The zero-order valence-electron chi connectivity index (χ0n) is 62.2. The molecular formula is C83H83Cl5IN12NiO8S6-. The minimum Gasteiger partial charge on any atom is -0.399 e. The number of rotatable bonds is 13. The van der Waals surface area contributed by atoms with Crippen molar-refractivity contribution < 1.29 is 51.2 Å². The van der Waals surface area contributed by atoms with Crippen molar-refractivity contribution in [3.8, 4) is 0 Å². The molecule has 2 aliphatic heterocycles. The third-order valence-corrected chi connectivity index (χ3v) is 26.5. The number of ether oxygens (including phenoxy) is 2. The first-order valence-corrected chi connectivity index (χ1v) is 46.2. The van der Waals surface area contributed by atoms with Gasteiger partial charge in [0, 0.05) is 143 Å². The molecule has 4 N–H and O–H groups in total. The molecular weight excluding hydrogens is 1850 g/mol. The van der Waals surface area contributed by atoms with E-state index in [0.717, 1.165) is 101 Å². The van der Waals surface area contributed by atoms with E-state index in [1.807, 2.05) is 109 Å². The van der Waals surface area contributed by atoms with Crippen molar-refractivity contribution in [3.05, 3.63) is 266 Å². The number of anilines is 3. The number of nitrogens with zero attached hydrogens (tertiary/aromatic N) is 9. The Balaban J connectivity index is 0.000000174. The molecule has 20 nitrogen and oxygen atoms in total. The number of hydrogen-bond donors (Lipinski definition) is 3. The molecule has 0 unspecified atom stereocenters. The second kappa shape index (κ2) is 46.4. The van der Waals surface area contributed by atoms with Crippen LogP contribution in [-0.2, 0) is 60.8 Å². The number of morpholine rings is 2. The van der Waals surface area contributed by atoms with Crippen LogP contribution < -0.4 is 16.4 Å². The van der Waals surface area contributed by atoms with Crippen molar-refractivity contribution in [1.29, 1.82) is 0 Å². The fourth-order valence-corrected chi connectivity index (χ4v) is 18.3. The summed E-state index contributed by atoms with van der Waals surface area (Å²) in [5.41, 5.74) is 18.8. The number of nitrogens with two attached hydrogens (primary N) is 1. The van der Waals surface area contributed by atoms with E-state index in [1.165, 1.54) is 45.9 Å². The average Bonchev–Trinajstić information content (AvgIpc) is 1.11. The van der Waals surface area contributed by atoms with Crippen LogP contribution in [0.3, 0.4) is 0 Å². The van der Waals surface area contributed by atoms with E-state index in [9.17, 15) is 25.3 Å². The van der Waals surface area contributed by atoms with Crippen LogP contribution >= 0.6 is 114 Å². The van der Waals surface area contributed by atoms with Crippen molar-refractivity contribution in [1.82, 2.24) is 48.8 Å². The third-order valence-electron chi connectivity index (χ3n) is 16.7. The molecule has 33 heteroatoms. The van der Waals surface area contributed by atoms with Crippen LogP contribution in [0.25, 0.3) is 74.9 Å². The summed E-state index contributed by atoms with van der Waals surface area (Å²) >= 11 is 31.5. The molecule has 0 spiro atoms. The van der Waals surface area contributed by atoms with Gasteiger partial charge in [-0.2, -0.15) is 15.0 Å². The largest absolute Gasteiger partial charge is 0.399 e. The van der Waals surface area contributed by atoms with Gasteiger partial charge in [-0.3, -0.25) is 24.9 Å². The van der Waals surface area contributed by atoms with Gasteiger partial charge in [-0.25, -0.2) is 35.2 Å². The maximum Gasteiger partial charge on any atom is 0.261 e. The van der Waals surface area contributed by atoms with E-state index in [2.05, 4.69) is 125 Å². The van der Waals surface area contributed by atoms with Gasteiger partial charge in [0.15, 0.2) is 0 Å². The number of nitrogens with one attached hydrogen (secondary N) is 2. The number of pyridine rings is 5. The van der Waals surface area contributed by atoms with Gasteiger partial charge < -0.3 is 32.8 Å². The van der Waals surface area contributed by atoms with E-state index in [-0.39, 0.29) is 38.6 Å². The van der Waals surface area contributed by atoms with E-state index >= 15 is 0 Å². The van der Waals surface area contributed by atoms with E-state index in [4.69, 9.17) is 72.3 Å². The normalized spacial score (nSPS) is 12.8. The van der Waals surface area contributed by atoms with Crippen molar-refractivity contribution >= 4 is 235 Å². The van der Waals surface area contributed by atoms with Gasteiger partial charge in [0.1, 0.15) is 0 Å². The van der Waals surface area contributed by atoms with E-state index in [0.29, 0.717) is 84.5 Å². The van der Waals surface area contributed by atoms with Crippen LogP contribution in [0, 0.1) is 10.5 Å². The maximum atomic E-state index is 13.0. The number of hydrogen-bond acceptors (Lipinski definition) is 21. The molecule has 0 radical (unpaired) electrons. The van der Waals surface area contributed by atoms with Crippen molar-refractivity contribution in [3.63, 3.8) is 0 Å². The number of fused-ring (bicyclic) bond motifs is 7. The standard InChI is InChI=1S/C20H18N4O3S2.C16H12ClNS.C13H13ClN2O3S.C9H5Cl2NO2S.C9H5ClIN.C7H6N2S.C5H13N.C3H7.CH4.Ni/c25-29(26,24-7-9-27-10-8-24)15-2-3-17-16(12-15)18(5-6-21-17)23-14-1-4-20-19(11-14)22-13-28-20;17-15-8-9-18-16-7-6-13(10-14(15)16)19-11-12-4-2-1-3-5-12;14-12-3-4-15-13-2-1-10(9-11(12)13)20(17,18)16-5-7-19-8-6-16;10-8-3-4-12-9-2-1-6(5-7(8)9)15(11,13)14;10-8-3-4-12-9-2-1-6(11)5-7(8)9;8-5-1-2-7-6(3-5)9-4-10-7;1-3-5-6-4-2;1-3-2;;/h1-6,11-13H,7-10H2,(H,21,23);1-10H,11H2;1-4,9H,5-8H2;1-5H;1-5H;1-4H,8H2;6H,3-5H2,1-2H3;1,3H2,2H3;1H4;/q;;;;;;;-1;;. The zero-order valence-corrected chi connectivity index (χ0v) is 74.1. The molecule has 612 valence electrons. The molecule has 2 aliphatic rings. The molecule has 9 heterocycles. The SMILES string of the molecule is C.CCCNCC.Clc1ccnc2ccc(I)cc12.Clc1ccnc2ccc(SCc3ccccc3)cc12.Nc1ccc2scnc2c1.O=S(=O)(Cl)c1ccc2nccc(Cl)c2c1.O=S(=O)(c1ccc2nccc(Cl)c2c1)N1CCOCC1.O=S(=O)(c1ccc2nccc(Nc3ccc4scnc4c3)c2c1)N1CCOCC1.[CH2-]CC.[Ni]. The van der Waals surface area contributed by atoms with Gasteiger partial charge in [0.2, 0.25) is 20.0 Å². The van der Waals surface area contributed by atoms with E-state index in [1.54, 1.807) is 114 Å². The third kappa shape index (κ3) is 26.7. The quantitative estimate of drug-likeness (QED) is 0.0184. The summed E-state index contributed by atoms with van der Waals surface area (Å²) in [7, 11) is -5.58. The Bertz CT molecular complexity index is 6090. The van der Waals surface area contributed by atoms with Crippen LogP contribution in [-0.4, -0.2) is 134 Å². The number of halogens is 6. The molecule has 0 aliphatic carbocycles. The van der Waals surface area contributed by atoms with Crippen molar-refractivity contribution in [2.24, 2.45) is 0 Å². The molecule has 15 aromatic rings. The Kier molecular flexibility index (Phi) is 37.8. The van der Waals surface area contributed by atoms with Crippen molar-refractivity contribution in [2.45, 2.75) is 66.4 Å². The topological polar surface area (TPSA) is 268 Å². The van der Waals surface area contributed by atoms with E-state index < -0.39 is 29.1 Å². The maximum absolute atomic E-state index is 13.0. The summed E-state index contributed by atoms with van der Waals surface area (Å²) < 4.78 is 90.2. The number of nitrogen functional groups attached to an aromatic ring is 1. The number of thiazole rings is 2. The molecule has 7 aromatic heterocycles. The Labute approximate surface area is 737 Å². The Morgan fingerprint density at radius 3 is 1.41 bits per heavy atom. The number of benzene rings is 8. The van der Waals surface area contributed by atoms with Gasteiger partial charge in [-0.15, -0.1) is 34.4 Å². The smallest absolute Gasteiger partial charge is 0.261 e. The summed E-state index contributed by atoms with van der Waals surface area (Å²) in [5.74, 6) is 0.963. The fraction of sp³-hybridized carbons (Fsp3) is 0.205. The Morgan fingerprint density at radius 2 is 0.922 bits per heavy atom. The molecule has 116 heavy (non-hydrogen) atoms. The zero-order chi connectivity index (χ0) is 81.2. The molecule has 0 saturated carbocycles. The van der Waals surface area contributed by atoms with Crippen LogP contribution in [0.2, 0.25) is 20.1 Å². The molecule has 2 saturated heterocycles. The predicted molar refractivity (Wildman–Crippen MR) is 488 cm³/mol. The van der Waals surface area contributed by atoms with Crippen LogP contribution in [0.4, 0.5) is 17.1 Å². The molecule has 0 atom stereocenters. The summed E-state index contributed by atoms with van der Waals surface area (Å²) in [6, 6.07) is 57.4. The monoisotopic (exact) mass is 1930 g/mol. The summed E-state index contributed by atoms with van der Waals surface area (Å²) in [6.45, 7) is 15.2. The number of thioether (sulfide) groups is 1.